The molecule has 0 spiro atoms. The standard InChI is InChI=1S/C19H23NO3S/c1-22-16-6-2-7-17(11-16)23-14-15-5-3-9-20(13-15)19(21)12-18-8-4-10-24-18/h2,4,6-8,10-11,15H,3,5,9,12-14H2,1H3. The Morgan fingerprint density at radius 3 is 2.96 bits per heavy atom. The van der Waals surface area contributed by atoms with E-state index in [-0.39, 0.29) is 5.91 Å². The SMILES string of the molecule is COc1cccc(OCC2CCCN(C(=O)Cc3cccs3)C2)c1. The number of nitrogens with zero attached hydrogens (tertiary/aromatic N) is 1. The van der Waals surface area contributed by atoms with Crippen molar-refractivity contribution in [2.24, 2.45) is 5.92 Å². The number of methoxy groups -OCH3 is 1. The fraction of sp³-hybridized carbons (Fsp3) is 0.421. The fourth-order valence-electron chi connectivity index (χ4n) is 3.01. The van der Waals surface area contributed by atoms with E-state index in [9.17, 15) is 4.79 Å². The molecule has 1 atom stereocenters. The molecule has 128 valence electrons. The summed E-state index contributed by atoms with van der Waals surface area (Å²) in [5, 5.41) is 2.02. The van der Waals surface area contributed by atoms with Gasteiger partial charge in [-0.05, 0) is 36.4 Å². The highest BCUT2D eigenvalue weighted by Crippen LogP contribution is 2.22. The van der Waals surface area contributed by atoms with Gasteiger partial charge in [0.2, 0.25) is 5.91 Å². The van der Waals surface area contributed by atoms with E-state index >= 15 is 0 Å². The summed E-state index contributed by atoms with van der Waals surface area (Å²) in [6.07, 6.45) is 2.66. The summed E-state index contributed by atoms with van der Waals surface area (Å²) in [7, 11) is 1.65. The zero-order valence-corrected chi connectivity index (χ0v) is 14.8. The van der Waals surface area contributed by atoms with E-state index in [1.807, 2.05) is 46.7 Å². The lowest BCUT2D eigenvalue weighted by atomic mass is 9.98. The fourth-order valence-corrected chi connectivity index (χ4v) is 3.70. The molecule has 0 aliphatic carbocycles. The van der Waals surface area contributed by atoms with Crippen LogP contribution in [0.1, 0.15) is 17.7 Å². The molecule has 0 saturated carbocycles. The molecule has 1 amide bonds. The van der Waals surface area contributed by atoms with Crippen LogP contribution in [0.15, 0.2) is 41.8 Å². The lowest BCUT2D eigenvalue weighted by molar-refractivity contribution is -0.132. The summed E-state index contributed by atoms with van der Waals surface area (Å²) in [6.45, 7) is 2.28. The summed E-state index contributed by atoms with van der Waals surface area (Å²) in [4.78, 5) is 15.6. The van der Waals surface area contributed by atoms with Crippen LogP contribution in [-0.4, -0.2) is 37.6 Å². The highest BCUT2D eigenvalue weighted by atomic mass is 32.1. The number of carbonyl (C=O) groups is 1. The lowest BCUT2D eigenvalue weighted by Gasteiger charge is -2.32. The molecule has 1 aliphatic heterocycles. The minimum absolute atomic E-state index is 0.225. The first-order valence-electron chi connectivity index (χ1n) is 8.31. The third-order valence-corrected chi connectivity index (χ3v) is 5.18. The molecule has 0 bridgehead atoms. The van der Waals surface area contributed by atoms with Crippen LogP contribution < -0.4 is 9.47 Å². The Morgan fingerprint density at radius 1 is 1.29 bits per heavy atom. The normalized spacial score (nSPS) is 17.5. The first-order valence-corrected chi connectivity index (χ1v) is 9.19. The average molecular weight is 345 g/mol. The van der Waals surface area contributed by atoms with E-state index in [2.05, 4.69) is 0 Å². The number of carbonyl (C=O) groups excluding carboxylic acids is 1. The first-order chi connectivity index (χ1) is 11.7. The summed E-state index contributed by atoms with van der Waals surface area (Å²) in [5.74, 6) is 2.22. The predicted octanol–water partition coefficient (Wildman–Crippen LogP) is 3.62. The van der Waals surface area contributed by atoms with Crippen LogP contribution in [0.5, 0.6) is 11.5 Å². The van der Waals surface area contributed by atoms with Gasteiger partial charge in [0, 0.05) is 30.0 Å². The van der Waals surface area contributed by atoms with E-state index in [4.69, 9.17) is 9.47 Å². The summed E-state index contributed by atoms with van der Waals surface area (Å²) < 4.78 is 11.1. The van der Waals surface area contributed by atoms with Gasteiger partial charge in [-0.25, -0.2) is 0 Å². The van der Waals surface area contributed by atoms with Crippen LogP contribution in [0.25, 0.3) is 0 Å². The Kier molecular flexibility index (Phi) is 5.75. The van der Waals surface area contributed by atoms with Gasteiger partial charge in [-0.3, -0.25) is 4.79 Å². The van der Waals surface area contributed by atoms with Gasteiger partial charge in [0.05, 0.1) is 20.1 Å². The predicted molar refractivity (Wildman–Crippen MR) is 95.8 cm³/mol. The Balaban J connectivity index is 1.50. The second kappa shape index (κ2) is 8.20. The number of rotatable bonds is 6. The number of likely N-dealkylation sites (tertiary alicyclic amines) is 1. The van der Waals surface area contributed by atoms with Gasteiger partial charge in [-0.15, -0.1) is 11.3 Å². The summed E-state index contributed by atoms with van der Waals surface area (Å²) in [6, 6.07) is 11.7. The zero-order chi connectivity index (χ0) is 16.8. The number of thiophene rings is 1. The van der Waals surface area contributed by atoms with E-state index in [0.29, 0.717) is 18.9 Å². The van der Waals surface area contributed by atoms with Crippen LogP contribution in [-0.2, 0) is 11.2 Å². The topological polar surface area (TPSA) is 38.8 Å². The number of benzene rings is 1. The van der Waals surface area contributed by atoms with Crippen molar-refractivity contribution in [3.8, 4) is 11.5 Å². The van der Waals surface area contributed by atoms with E-state index in [1.54, 1.807) is 18.4 Å². The van der Waals surface area contributed by atoms with Gasteiger partial charge in [0.1, 0.15) is 11.5 Å². The maximum absolute atomic E-state index is 12.4. The number of amides is 1. The molecular weight excluding hydrogens is 322 g/mol. The van der Waals surface area contributed by atoms with Crippen molar-refractivity contribution in [1.82, 2.24) is 4.90 Å². The van der Waals surface area contributed by atoms with Crippen molar-refractivity contribution in [2.75, 3.05) is 26.8 Å². The number of hydrogen-bond acceptors (Lipinski definition) is 4. The van der Waals surface area contributed by atoms with Crippen molar-refractivity contribution >= 4 is 17.2 Å². The van der Waals surface area contributed by atoms with Crippen LogP contribution in [0.2, 0.25) is 0 Å². The van der Waals surface area contributed by atoms with Gasteiger partial charge in [0.15, 0.2) is 0 Å². The average Bonchev–Trinajstić information content (AvgIpc) is 3.13. The molecule has 24 heavy (non-hydrogen) atoms. The van der Waals surface area contributed by atoms with Crippen molar-refractivity contribution in [1.29, 1.82) is 0 Å². The molecule has 1 aliphatic rings. The van der Waals surface area contributed by atoms with E-state index in [1.165, 1.54) is 0 Å². The van der Waals surface area contributed by atoms with E-state index in [0.717, 1.165) is 42.3 Å². The van der Waals surface area contributed by atoms with Crippen molar-refractivity contribution in [3.63, 3.8) is 0 Å². The largest absolute Gasteiger partial charge is 0.497 e. The Morgan fingerprint density at radius 2 is 2.17 bits per heavy atom. The number of hydrogen-bond donors (Lipinski definition) is 0. The third kappa shape index (κ3) is 4.51. The van der Waals surface area contributed by atoms with E-state index < -0.39 is 0 Å². The van der Waals surface area contributed by atoms with Gasteiger partial charge < -0.3 is 14.4 Å². The summed E-state index contributed by atoms with van der Waals surface area (Å²) >= 11 is 1.64. The van der Waals surface area contributed by atoms with Crippen molar-refractivity contribution < 1.29 is 14.3 Å². The molecule has 1 unspecified atom stereocenters. The Bertz CT molecular complexity index is 656. The smallest absolute Gasteiger partial charge is 0.227 e. The Hall–Kier alpha value is -2.01. The molecule has 0 N–H and O–H groups in total. The molecular formula is C19H23NO3S. The monoisotopic (exact) mass is 345 g/mol. The molecule has 1 fully saturated rings. The van der Waals surface area contributed by atoms with Crippen LogP contribution in [0.4, 0.5) is 0 Å². The minimum Gasteiger partial charge on any atom is -0.497 e. The number of piperidine rings is 1. The zero-order valence-electron chi connectivity index (χ0n) is 13.9. The van der Waals surface area contributed by atoms with Gasteiger partial charge >= 0.3 is 0 Å². The van der Waals surface area contributed by atoms with Crippen molar-refractivity contribution in [3.05, 3.63) is 46.7 Å². The second-order valence-electron chi connectivity index (χ2n) is 6.09. The third-order valence-electron chi connectivity index (χ3n) is 4.30. The number of ether oxygens (including phenoxy) is 2. The highest BCUT2D eigenvalue weighted by molar-refractivity contribution is 7.10. The van der Waals surface area contributed by atoms with Gasteiger partial charge in [0.25, 0.3) is 0 Å². The highest BCUT2D eigenvalue weighted by Gasteiger charge is 2.24. The molecule has 1 saturated heterocycles. The maximum atomic E-state index is 12.4. The molecule has 4 nitrogen and oxygen atoms in total. The molecule has 2 heterocycles. The molecule has 1 aromatic carbocycles. The van der Waals surface area contributed by atoms with Crippen LogP contribution in [0.3, 0.4) is 0 Å². The lowest BCUT2D eigenvalue weighted by Crippen LogP contribution is -2.42. The first kappa shape index (κ1) is 16.8. The summed E-state index contributed by atoms with van der Waals surface area (Å²) in [5.41, 5.74) is 0. The van der Waals surface area contributed by atoms with Gasteiger partial charge in [-0.1, -0.05) is 12.1 Å². The molecule has 2 aromatic rings. The maximum Gasteiger partial charge on any atom is 0.227 e. The molecule has 0 radical (unpaired) electrons. The van der Waals surface area contributed by atoms with Crippen molar-refractivity contribution in [2.45, 2.75) is 19.3 Å². The molecule has 5 heteroatoms. The quantitative estimate of drug-likeness (QED) is 0.803. The van der Waals surface area contributed by atoms with Crippen LogP contribution >= 0.6 is 11.3 Å². The molecule has 1 aromatic heterocycles. The minimum atomic E-state index is 0.225. The Labute approximate surface area is 147 Å². The van der Waals surface area contributed by atoms with Gasteiger partial charge in [-0.2, -0.15) is 0 Å². The van der Waals surface area contributed by atoms with Crippen LogP contribution in [0, 0.1) is 5.92 Å². The molecule has 3 rings (SSSR count). The second-order valence-corrected chi connectivity index (χ2v) is 7.13.